The van der Waals surface area contributed by atoms with Crippen LogP contribution in [0.4, 0.5) is 0 Å². The molecule has 14 heavy (non-hydrogen) atoms. The number of halogens is 1. The van der Waals surface area contributed by atoms with Crippen LogP contribution in [0.15, 0.2) is 18.2 Å². The molecule has 0 aliphatic carbocycles. The van der Waals surface area contributed by atoms with Crippen molar-refractivity contribution in [3.05, 3.63) is 27.3 Å². The van der Waals surface area contributed by atoms with Gasteiger partial charge in [-0.3, -0.25) is 4.79 Å². The van der Waals surface area contributed by atoms with Crippen LogP contribution in [0.5, 0.6) is 5.75 Å². The monoisotopic (exact) mass is 306 g/mol. The molecule has 0 amide bonds. The molecule has 0 atom stereocenters. The quantitative estimate of drug-likeness (QED) is 0.687. The summed E-state index contributed by atoms with van der Waals surface area (Å²) in [6.07, 6.45) is 0.676. The highest BCUT2D eigenvalue weighted by Crippen LogP contribution is 2.20. The Bertz CT molecular complexity index is 336. The summed E-state index contributed by atoms with van der Waals surface area (Å²) in [4.78, 5) is 10.5. The maximum atomic E-state index is 10.5. The summed E-state index contributed by atoms with van der Waals surface area (Å²) in [5.74, 6) is 0.0142. The summed E-state index contributed by atoms with van der Waals surface area (Å²) < 4.78 is 5.62. The largest absolute Gasteiger partial charge is 0.507 e. The van der Waals surface area contributed by atoms with E-state index in [0.29, 0.717) is 13.0 Å². The molecule has 0 unspecified atom stereocenters. The minimum Gasteiger partial charge on any atom is -0.507 e. The van der Waals surface area contributed by atoms with E-state index in [-0.39, 0.29) is 11.7 Å². The summed E-state index contributed by atoms with van der Waals surface area (Å²) in [5.41, 5.74) is 1.05. The molecule has 1 aromatic carbocycles. The number of hydrogen-bond acceptors (Lipinski definition) is 3. The van der Waals surface area contributed by atoms with E-state index in [0.717, 1.165) is 9.13 Å². The molecule has 0 aromatic heterocycles. The van der Waals surface area contributed by atoms with Gasteiger partial charge in [-0.2, -0.15) is 0 Å². The topological polar surface area (TPSA) is 46.5 Å². The molecule has 0 aliphatic heterocycles. The number of carbonyl (C=O) groups excluding carboxylic acids is 1. The minimum absolute atomic E-state index is 0.265. The van der Waals surface area contributed by atoms with E-state index in [9.17, 15) is 9.90 Å². The van der Waals surface area contributed by atoms with E-state index in [1.165, 1.54) is 6.92 Å². The molecule has 3 nitrogen and oxygen atoms in total. The van der Waals surface area contributed by atoms with Gasteiger partial charge in [-0.05, 0) is 40.3 Å². The van der Waals surface area contributed by atoms with Gasteiger partial charge in [0.25, 0.3) is 0 Å². The molecule has 0 bridgehead atoms. The third-order valence-corrected chi connectivity index (χ3v) is 2.57. The van der Waals surface area contributed by atoms with Gasteiger partial charge in [0.15, 0.2) is 0 Å². The Balaban J connectivity index is 2.51. The van der Waals surface area contributed by atoms with Gasteiger partial charge in [0.05, 0.1) is 10.2 Å². The molecule has 0 saturated carbocycles. The van der Waals surface area contributed by atoms with Crippen molar-refractivity contribution in [3.63, 3.8) is 0 Å². The van der Waals surface area contributed by atoms with Crippen molar-refractivity contribution >= 4 is 28.6 Å². The van der Waals surface area contributed by atoms with Crippen LogP contribution < -0.4 is 0 Å². The van der Waals surface area contributed by atoms with Crippen LogP contribution in [-0.2, 0) is 16.0 Å². The lowest BCUT2D eigenvalue weighted by Gasteiger charge is -2.03. The van der Waals surface area contributed by atoms with E-state index in [4.69, 9.17) is 4.74 Å². The first-order valence-corrected chi connectivity index (χ1v) is 5.28. The van der Waals surface area contributed by atoms with Gasteiger partial charge in [0, 0.05) is 13.3 Å². The lowest BCUT2D eigenvalue weighted by Crippen LogP contribution is -2.03. The van der Waals surface area contributed by atoms with Crippen molar-refractivity contribution in [3.8, 4) is 5.75 Å². The second-order valence-electron chi connectivity index (χ2n) is 2.88. The normalized spacial score (nSPS) is 9.86. The number of phenolic OH excluding ortho intramolecular Hbond substituents is 1. The number of rotatable bonds is 3. The number of carbonyl (C=O) groups is 1. The Labute approximate surface area is 96.2 Å². The third kappa shape index (κ3) is 3.53. The fourth-order valence-electron chi connectivity index (χ4n) is 1.02. The van der Waals surface area contributed by atoms with E-state index in [1.54, 1.807) is 6.07 Å². The van der Waals surface area contributed by atoms with E-state index < -0.39 is 0 Å². The Kier molecular flexibility index (Phi) is 4.19. The molecule has 1 N–H and O–H groups in total. The standard InChI is InChI=1S/C10H11IO3/c1-7(12)14-5-4-8-2-3-10(13)9(11)6-8/h2-3,6,13H,4-5H2,1H3. The summed E-state index contributed by atoms with van der Waals surface area (Å²) in [6, 6.07) is 5.34. The average molecular weight is 306 g/mol. The van der Waals surface area contributed by atoms with Gasteiger partial charge in [-0.1, -0.05) is 6.07 Å². The van der Waals surface area contributed by atoms with E-state index in [1.807, 2.05) is 12.1 Å². The summed E-state index contributed by atoms with van der Waals surface area (Å²) in [7, 11) is 0. The van der Waals surface area contributed by atoms with E-state index in [2.05, 4.69) is 22.6 Å². The molecule has 0 aliphatic rings. The zero-order valence-corrected chi connectivity index (χ0v) is 9.95. The zero-order chi connectivity index (χ0) is 10.6. The lowest BCUT2D eigenvalue weighted by molar-refractivity contribution is -0.140. The second kappa shape index (κ2) is 5.19. The molecule has 1 rings (SSSR count). The Morgan fingerprint density at radius 3 is 2.86 bits per heavy atom. The first-order valence-electron chi connectivity index (χ1n) is 4.20. The van der Waals surface area contributed by atoms with Gasteiger partial charge in [0.2, 0.25) is 0 Å². The first-order chi connectivity index (χ1) is 6.59. The minimum atomic E-state index is -0.265. The van der Waals surface area contributed by atoms with Gasteiger partial charge in [0.1, 0.15) is 5.75 Å². The highest BCUT2D eigenvalue weighted by molar-refractivity contribution is 14.1. The number of phenols is 1. The molecular weight excluding hydrogens is 295 g/mol. The maximum absolute atomic E-state index is 10.5. The highest BCUT2D eigenvalue weighted by atomic mass is 127. The predicted molar refractivity (Wildman–Crippen MR) is 61.2 cm³/mol. The number of benzene rings is 1. The smallest absolute Gasteiger partial charge is 0.302 e. The summed E-state index contributed by atoms with van der Waals surface area (Å²) >= 11 is 2.06. The van der Waals surface area contributed by atoms with Crippen LogP contribution in [0.25, 0.3) is 0 Å². The van der Waals surface area contributed by atoms with Gasteiger partial charge < -0.3 is 9.84 Å². The van der Waals surface area contributed by atoms with Gasteiger partial charge >= 0.3 is 5.97 Å². The molecule has 1 aromatic rings. The molecule has 0 heterocycles. The van der Waals surface area contributed by atoms with Crippen LogP contribution in [-0.4, -0.2) is 17.7 Å². The molecular formula is C10H11IO3. The summed E-state index contributed by atoms with van der Waals surface area (Å²) in [5, 5.41) is 9.26. The van der Waals surface area contributed by atoms with Crippen LogP contribution >= 0.6 is 22.6 Å². The molecule has 4 heteroatoms. The fourth-order valence-corrected chi connectivity index (χ4v) is 1.60. The highest BCUT2D eigenvalue weighted by Gasteiger charge is 2.00. The van der Waals surface area contributed by atoms with Crippen molar-refractivity contribution in [2.45, 2.75) is 13.3 Å². The second-order valence-corrected chi connectivity index (χ2v) is 4.04. The van der Waals surface area contributed by atoms with Crippen LogP contribution in [0.1, 0.15) is 12.5 Å². The molecule has 0 spiro atoms. The number of aromatic hydroxyl groups is 1. The summed E-state index contributed by atoms with van der Waals surface area (Å²) in [6.45, 7) is 1.77. The van der Waals surface area contributed by atoms with Crippen molar-refractivity contribution in [1.82, 2.24) is 0 Å². The van der Waals surface area contributed by atoms with Gasteiger partial charge in [-0.15, -0.1) is 0 Å². The maximum Gasteiger partial charge on any atom is 0.302 e. The SMILES string of the molecule is CC(=O)OCCc1ccc(O)c(I)c1. The van der Waals surface area contributed by atoms with Crippen LogP contribution in [0.2, 0.25) is 0 Å². The number of ether oxygens (including phenoxy) is 1. The van der Waals surface area contributed by atoms with Crippen molar-refractivity contribution in [2.24, 2.45) is 0 Å². The lowest BCUT2D eigenvalue weighted by atomic mass is 10.1. The first kappa shape index (κ1) is 11.3. The molecule has 0 radical (unpaired) electrons. The molecule has 0 saturated heterocycles. The van der Waals surface area contributed by atoms with E-state index >= 15 is 0 Å². The molecule has 76 valence electrons. The average Bonchev–Trinajstić information content (AvgIpc) is 2.10. The Morgan fingerprint density at radius 1 is 1.57 bits per heavy atom. The number of hydrogen-bond donors (Lipinski definition) is 1. The van der Waals surface area contributed by atoms with Crippen molar-refractivity contribution < 1.29 is 14.6 Å². The zero-order valence-electron chi connectivity index (χ0n) is 7.79. The molecule has 0 fully saturated rings. The Hall–Kier alpha value is -0.780. The number of esters is 1. The van der Waals surface area contributed by atoms with Crippen LogP contribution in [0, 0.1) is 3.57 Å². The van der Waals surface area contributed by atoms with Crippen molar-refractivity contribution in [2.75, 3.05) is 6.61 Å². The van der Waals surface area contributed by atoms with Crippen LogP contribution in [0.3, 0.4) is 0 Å². The third-order valence-electron chi connectivity index (χ3n) is 1.71. The fraction of sp³-hybridized carbons (Fsp3) is 0.300. The predicted octanol–water partition coefficient (Wildman–Crippen LogP) is 2.10. The Morgan fingerprint density at radius 2 is 2.29 bits per heavy atom. The van der Waals surface area contributed by atoms with Gasteiger partial charge in [-0.25, -0.2) is 0 Å². The van der Waals surface area contributed by atoms with Crippen molar-refractivity contribution in [1.29, 1.82) is 0 Å².